The third-order valence-corrected chi connectivity index (χ3v) is 4.21. The van der Waals surface area contributed by atoms with Gasteiger partial charge in [0.05, 0.1) is 10.5 Å². The Morgan fingerprint density at radius 2 is 1.95 bits per heavy atom. The van der Waals surface area contributed by atoms with Crippen LogP contribution in [0.25, 0.3) is 22.3 Å². The lowest BCUT2D eigenvalue weighted by Gasteiger charge is -2.07. The Hall–Kier alpha value is -1.36. The average molecular weight is 310 g/mol. The van der Waals surface area contributed by atoms with Crippen LogP contribution in [0.15, 0.2) is 22.9 Å². The van der Waals surface area contributed by atoms with Crippen molar-refractivity contribution in [2.45, 2.75) is 6.92 Å². The standard InChI is InChI=1S/C13H9Cl2N3S/c1-6-4-19-5-9(6)13-17-11-8(12(16)18-13)2-7(14)3-10(11)15/h2-5H,1H3,(H2,16,17,18). The summed E-state index contributed by atoms with van der Waals surface area (Å²) in [5.74, 6) is 0.975. The number of rotatable bonds is 1. The summed E-state index contributed by atoms with van der Waals surface area (Å²) in [6, 6.07) is 3.38. The molecule has 19 heavy (non-hydrogen) atoms. The molecule has 0 radical (unpaired) electrons. The van der Waals surface area contributed by atoms with Gasteiger partial charge in [0.15, 0.2) is 5.82 Å². The normalized spacial score (nSPS) is 11.1. The highest BCUT2D eigenvalue weighted by Crippen LogP contribution is 2.32. The summed E-state index contributed by atoms with van der Waals surface area (Å²) >= 11 is 13.8. The van der Waals surface area contributed by atoms with Gasteiger partial charge >= 0.3 is 0 Å². The van der Waals surface area contributed by atoms with Gasteiger partial charge in [-0.1, -0.05) is 23.2 Å². The third kappa shape index (κ3) is 2.16. The summed E-state index contributed by atoms with van der Waals surface area (Å²) in [6.45, 7) is 2.01. The molecular formula is C13H9Cl2N3S. The van der Waals surface area contributed by atoms with Crippen molar-refractivity contribution >= 4 is 51.3 Å². The predicted octanol–water partition coefficient (Wildman–Crippen LogP) is 4.56. The van der Waals surface area contributed by atoms with Crippen molar-refractivity contribution in [1.29, 1.82) is 0 Å². The van der Waals surface area contributed by atoms with E-state index in [1.54, 1.807) is 23.5 Å². The maximum atomic E-state index is 6.18. The van der Waals surface area contributed by atoms with Gasteiger partial charge in [-0.15, -0.1) is 0 Å². The molecule has 2 aromatic heterocycles. The lowest BCUT2D eigenvalue weighted by Crippen LogP contribution is -1.98. The lowest BCUT2D eigenvalue weighted by atomic mass is 10.2. The summed E-state index contributed by atoms with van der Waals surface area (Å²) in [5, 5.41) is 5.72. The summed E-state index contributed by atoms with van der Waals surface area (Å²) in [7, 11) is 0. The molecule has 6 heteroatoms. The van der Waals surface area contributed by atoms with Crippen LogP contribution in [0.2, 0.25) is 10.0 Å². The van der Waals surface area contributed by atoms with E-state index in [1.165, 1.54) is 0 Å². The Balaban J connectivity index is 2.34. The first-order chi connectivity index (χ1) is 9.06. The molecule has 0 aliphatic heterocycles. The molecule has 0 unspecified atom stereocenters. The largest absolute Gasteiger partial charge is 0.383 e. The molecule has 1 aromatic carbocycles. The number of halogens is 2. The number of thiophene rings is 1. The fourth-order valence-corrected chi connectivity index (χ4v) is 3.25. The number of benzene rings is 1. The van der Waals surface area contributed by atoms with Crippen molar-refractivity contribution < 1.29 is 0 Å². The van der Waals surface area contributed by atoms with Crippen molar-refractivity contribution in [3.05, 3.63) is 38.5 Å². The van der Waals surface area contributed by atoms with E-state index in [0.29, 0.717) is 32.6 Å². The molecule has 0 saturated carbocycles. The monoisotopic (exact) mass is 309 g/mol. The molecule has 3 rings (SSSR count). The molecule has 0 atom stereocenters. The van der Waals surface area contributed by atoms with Crippen molar-refractivity contribution in [2.24, 2.45) is 0 Å². The molecule has 0 bridgehead atoms. The van der Waals surface area contributed by atoms with Gasteiger partial charge in [0, 0.05) is 21.4 Å². The lowest BCUT2D eigenvalue weighted by molar-refractivity contribution is 1.23. The molecule has 96 valence electrons. The van der Waals surface area contributed by atoms with Gasteiger partial charge in [-0.3, -0.25) is 0 Å². The van der Waals surface area contributed by atoms with E-state index in [1.807, 2.05) is 17.7 Å². The second-order valence-corrected chi connectivity index (χ2v) is 5.77. The maximum Gasteiger partial charge on any atom is 0.163 e. The van der Waals surface area contributed by atoms with E-state index in [2.05, 4.69) is 9.97 Å². The minimum absolute atomic E-state index is 0.384. The van der Waals surface area contributed by atoms with Crippen molar-refractivity contribution in [1.82, 2.24) is 9.97 Å². The van der Waals surface area contributed by atoms with Gasteiger partial charge in [-0.25, -0.2) is 9.97 Å². The zero-order valence-corrected chi connectivity index (χ0v) is 12.3. The molecule has 2 N–H and O–H groups in total. The molecule has 3 aromatic rings. The fourth-order valence-electron chi connectivity index (χ4n) is 1.89. The number of aryl methyl sites for hydroxylation is 1. The van der Waals surface area contributed by atoms with Crippen LogP contribution in [0, 0.1) is 6.92 Å². The number of nitrogens with zero attached hydrogens (tertiary/aromatic N) is 2. The summed E-state index contributed by atoms with van der Waals surface area (Å²) in [5.41, 5.74) is 8.71. The molecule has 0 amide bonds. The van der Waals surface area contributed by atoms with Gasteiger partial charge < -0.3 is 5.73 Å². The second kappa shape index (κ2) is 4.63. The predicted molar refractivity (Wildman–Crippen MR) is 82.0 cm³/mol. The van der Waals surface area contributed by atoms with Crippen LogP contribution in [0.4, 0.5) is 5.82 Å². The zero-order chi connectivity index (χ0) is 13.6. The molecule has 3 nitrogen and oxygen atoms in total. The summed E-state index contributed by atoms with van der Waals surface area (Å²) < 4.78 is 0. The minimum Gasteiger partial charge on any atom is -0.383 e. The first-order valence-corrected chi connectivity index (χ1v) is 7.21. The van der Waals surface area contributed by atoms with Crippen molar-refractivity contribution in [3.63, 3.8) is 0 Å². The van der Waals surface area contributed by atoms with Crippen LogP contribution >= 0.6 is 34.5 Å². The van der Waals surface area contributed by atoms with Crippen molar-refractivity contribution in [3.8, 4) is 11.4 Å². The van der Waals surface area contributed by atoms with E-state index in [4.69, 9.17) is 28.9 Å². The number of anilines is 1. The minimum atomic E-state index is 0.384. The van der Waals surface area contributed by atoms with E-state index < -0.39 is 0 Å². The SMILES string of the molecule is Cc1cscc1-c1nc(N)c2cc(Cl)cc(Cl)c2n1. The molecule has 0 fully saturated rings. The maximum absolute atomic E-state index is 6.18. The Morgan fingerprint density at radius 3 is 2.63 bits per heavy atom. The van der Waals surface area contributed by atoms with Crippen molar-refractivity contribution in [2.75, 3.05) is 5.73 Å². The Bertz CT molecular complexity index is 783. The highest BCUT2D eigenvalue weighted by atomic mass is 35.5. The quantitative estimate of drug-likeness (QED) is 0.717. The van der Waals surface area contributed by atoms with Crippen LogP contribution < -0.4 is 5.73 Å². The average Bonchev–Trinajstić information content (AvgIpc) is 2.76. The highest BCUT2D eigenvalue weighted by molar-refractivity contribution is 7.08. The van der Waals surface area contributed by atoms with Crippen LogP contribution in [0.3, 0.4) is 0 Å². The van der Waals surface area contributed by atoms with E-state index in [0.717, 1.165) is 11.1 Å². The molecule has 0 aliphatic rings. The van der Waals surface area contributed by atoms with Gasteiger partial charge in [-0.05, 0) is 30.0 Å². The molecular weight excluding hydrogens is 301 g/mol. The fraction of sp³-hybridized carbons (Fsp3) is 0.0769. The Morgan fingerprint density at radius 1 is 1.16 bits per heavy atom. The number of aromatic nitrogens is 2. The van der Waals surface area contributed by atoms with E-state index >= 15 is 0 Å². The third-order valence-electron chi connectivity index (χ3n) is 2.84. The number of nitrogens with two attached hydrogens (primary N) is 1. The molecule has 0 spiro atoms. The number of hydrogen-bond acceptors (Lipinski definition) is 4. The molecule has 2 heterocycles. The number of hydrogen-bond donors (Lipinski definition) is 1. The van der Waals surface area contributed by atoms with Gasteiger partial charge in [0.25, 0.3) is 0 Å². The number of nitrogen functional groups attached to an aromatic ring is 1. The van der Waals surface area contributed by atoms with E-state index in [9.17, 15) is 0 Å². The van der Waals surface area contributed by atoms with Gasteiger partial charge in [0.1, 0.15) is 5.82 Å². The number of fused-ring (bicyclic) bond motifs is 1. The van der Waals surface area contributed by atoms with Gasteiger partial charge in [0.2, 0.25) is 0 Å². The first kappa shape index (κ1) is 12.7. The summed E-state index contributed by atoms with van der Waals surface area (Å²) in [4.78, 5) is 8.85. The highest BCUT2D eigenvalue weighted by Gasteiger charge is 2.12. The van der Waals surface area contributed by atoms with Gasteiger partial charge in [-0.2, -0.15) is 11.3 Å². The second-order valence-electron chi connectivity index (χ2n) is 4.18. The Labute approximate surface area is 124 Å². The smallest absolute Gasteiger partial charge is 0.163 e. The summed E-state index contributed by atoms with van der Waals surface area (Å²) in [6.07, 6.45) is 0. The van der Waals surface area contributed by atoms with E-state index in [-0.39, 0.29) is 0 Å². The molecule has 0 aliphatic carbocycles. The zero-order valence-electron chi connectivity index (χ0n) is 9.95. The van der Waals surface area contributed by atoms with Crippen LogP contribution in [0.5, 0.6) is 0 Å². The van der Waals surface area contributed by atoms with Crippen LogP contribution in [-0.2, 0) is 0 Å². The van der Waals surface area contributed by atoms with Crippen LogP contribution in [0.1, 0.15) is 5.56 Å². The van der Waals surface area contributed by atoms with Crippen LogP contribution in [-0.4, -0.2) is 9.97 Å². The molecule has 0 saturated heterocycles. The first-order valence-electron chi connectivity index (χ1n) is 5.51. The Kier molecular flexibility index (Phi) is 3.09. The topological polar surface area (TPSA) is 51.8 Å².